The second-order valence-corrected chi connectivity index (χ2v) is 4.14. The predicted octanol–water partition coefficient (Wildman–Crippen LogP) is 1.38. The normalized spacial score (nSPS) is 15.6. The fraction of sp³-hybridized carbons (Fsp3) is 0.308. The SMILES string of the molecule is C=NCc1ccc(C(C)(O)/N=C/C=C(/C)N)nc1. The molecule has 0 spiro atoms. The number of aliphatic hydroxyl groups is 1. The molecule has 0 amide bonds. The number of rotatable bonds is 5. The van der Waals surface area contributed by atoms with Crippen molar-refractivity contribution in [3.8, 4) is 0 Å². The van der Waals surface area contributed by atoms with E-state index in [1.165, 1.54) is 6.21 Å². The molecule has 1 aromatic heterocycles. The second kappa shape index (κ2) is 6.07. The molecule has 0 saturated heterocycles. The summed E-state index contributed by atoms with van der Waals surface area (Å²) in [5.74, 6) is 0. The number of nitrogens with two attached hydrogens (primary N) is 1. The monoisotopic (exact) mass is 246 g/mol. The molecule has 1 unspecified atom stereocenters. The van der Waals surface area contributed by atoms with Crippen molar-refractivity contribution < 1.29 is 5.11 Å². The summed E-state index contributed by atoms with van der Waals surface area (Å²) in [5, 5.41) is 10.2. The van der Waals surface area contributed by atoms with Crippen molar-refractivity contribution >= 4 is 12.9 Å². The minimum absolute atomic E-state index is 0.467. The molecule has 5 nitrogen and oxygen atoms in total. The molecule has 0 bridgehead atoms. The summed E-state index contributed by atoms with van der Waals surface area (Å²) < 4.78 is 0. The lowest BCUT2D eigenvalue weighted by Gasteiger charge is -2.17. The van der Waals surface area contributed by atoms with Crippen LogP contribution in [0.25, 0.3) is 0 Å². The van der Waals surface area contributed by atoms with Crippen molar-refractivity contribution in [2.45, 2.75) is 26.1 Å². The van der Waals surface area contributed by atoms with Gasteiger partial charge in [-0.2, -0.15) is 0 Å². The van der Waals surface area contributed by atoms with E-state index in [-0.39, 0.29) is 0 Å². The van der Waals surface area contributed by atoms with Crippen molar-refractivity contribution in [1.29, 1.82) is 0 Å². The van der Waals surface area contributed by atoms with Gasteiger partial charge in [0.25, 0.3) is 0 Å². The maximum atomic E-state index is 10.2. The number of aromatic nitrogens is 1. The highest BCUT2D eigenvalue weighted by atomic mass is 16.3. The van der Waals surface area contributed by atoms with Crippen LogP contribution in [0.5, 0.6) is 0 Å². The van der Waals surface area contributed by atoms with Gasteiger partial charge in [-0.05, 0) is 38.3 Å². The third-order valence-corrected chi connectivity index (χ3v) is 2.27. The first-order valence-corrected chi connectivity index (χ1v) is 5.53. The van der Waals surface area contributed by atoms with Crippen molar-refractivity contribution in [2.75, 3.05) is 0 Å². The van der Waals surface area contributed by atoms with Gasteiger partial charge in [-0.25, -0.2) is 0 Å². The molecular formula is C13H18N4O. The highest BCUT2D eigenvalue weighted by Crippen LogP contribution is 2.19. The van der Waals surface area contributed by atoms with E-state index >= 15 is 0 Å². The highest BCUT2D eigenvalue weighted by molar-refractivity contribution is 5.72. The number of pyridine rings is 1. The average molecular weight is 246 g/mol. The zero-order chi connectivity index (χ0) is 13.6. The first-order chi connectivity index (χ1) is 8.45. The Balaban J connectivity index is 2.87. The second-order valence-electron chi connectivity index (χ2n) is 4.14. The number of hydrogen-bond donors (Lipinski definition) is 2. The molecule has 0 radical (unpaired) electrons. The van der Waals surface area contributed by atoms with Crippen LogP contribution in [0.1, 0.15) is 25.1 Å². The summed E-state index contributed by atoms with van der Waals surface area (Å²) in [5.41, 5.74) is 6.12. The molecule has 0 aromatic carbocycles. The van der Waals surface area contributed by atoms with Crippen LogP contribution in [-0.2, 0) is 12.3 Å². The van der Waals surface area contributed by atoms with Gasteiger partial charge >= 0.3 is 0 Å². The fourth-order valence-electron chi connectivity index (χ4n) is 1.29. The Morgan fingerprint density at radius 1 is 1.61 bits per heavy atom. The van der Waals surface area contributed by atoms with Gasteiger partial charge in [-0.3, -0.25) is 15.0 Å². The lowest BCUT2D eigenvalue weighted by Crippen LogP contribution is -2.20. The molecule has 1 heterocycles. The van der Waals surface area contributed by atoms with E-state index in [0.717, 1.165) is 5.56 Å². The van der Waals surface area contributed by atoms with E-state index in [4.69, 9.17) is 5.73 Å². The van der Waals surface area contributed by atoms with Crippen LogP contribution in [0, 0.1) is 0 Å². The molecule has 5 heteroatoms. The topological polar surface area (TPSA) is 83.9 Å². The summed E-state index contributed by atoms with van der Waals surface area (Å²) in [6.07, 6.45) is 4.73. The molecule has 1 atom stereocenters. The van der Waals surface area contributed by atoms with Gasteiger partial charge in [0.1, 0.15) is 0 Å². The first kappa shape index (κ1) is 14.1. The Morgan fingerprint density at radius 2 is 2.33 bits per heavy atom. The van der Waals surface area contributed by atoms with Crippen LogP contribution < -0.4 is 5.73 Å². The van der Waals surface area contributed by atoms with Crippen LogP contribution in [0.3, 0.4) is 0 Å². The number of nitrogens with zero attached hydrogens (tertiary/aromatic N) is 3. The van der Waals surface area contributed by atoms with Gasteiger partial charge in [-0.1, -0.05) is 6.07 Å². The fourth-order valence-corrected chi connectivity index (χ4v) is 1.29. The molecule has 0 saturated carbocycles. The van der Waals surface area contributed by atoms with E-state index in [1.807, 2.05) is 6.07 Å². The van der Waals surface area contributed by atoms with Gasteiger partial charge < -0.3 is 10.8 Å². The number of hydrogen-bond acceptors (Lipinski definition) is 5. The number of allylic oxidation sites excluding steroid dienone is 2. The Hall–Kier alpha value is -2.01. The van der Waals surface area contributed by atoms with Crippen molar-refractivity contribution in [3.05, 3.63) is 41.4 Å². The lowest BCUT2D eigenvalue weighted by molar-refractivity contribution is 0.0636. The molecular weight excluding hydrogens is 228 g/mol. The molecule has 0 fully saturated rings. The van der Waals surface area contributed by atoms with E-state index in [1.54, 1.807) is 32.2 Å². The lowest BCUT2D eigenvalue weighted by atomic mass is 10.1. The Labute approximate surface area is 107 Å². The summed E-state index contributed by atoms with van der Waals surface area (Å²) in [6, 6.07) is 3.56. The number of aliphatic imine (C=N–C) groups is 2. The van der Waals surface area contributed by atoms with E-state index < -0.39 is 5.72 Å². The zero-order valence-electron chi connectivity index (χ0n) is 10.7. The molecule has 3 N–H and O–H groups in total. The first-order valence-electron chi connectivity index (χ1n) is 5.53. The third-order valence-electron chi connectivity index (χ3n) is 2.27. The van der Waals surface area contributed by atoms with E-state index in [0.29, 0.717) is 17.9 Å². The molecule has 1 rings (SSSR count). The van der Waals surface area contributed by atoms with Crippen LogP contribution in [0.2, 0.25) is 0 Å². The minimum atomic E-state index is -1.37. The molecule has 0 aliphatic heterocycles. The third kappa shape index (κ3) is 4.10. The van der Waals surface area contributed by atoms with Crippen LogP contribution in [0.4, 0.5) is 0 Å². The van der Waals surface area contributed by atoms with Gasteiger partial charge in [0.15, 0.2) is 5.72 Å². The predicted molar refractivity (Wildman–Crippen MR) is 73.5 cm³/mol. The average Bonchev–Trinajstić information content (AvgIpc) is 2.29. The van der Waals surface area contributed by atoms with Crippen molar-refractivity contribution in [3.63, 3.8) is 0 Å². The smallest absolute Gasteiger partial charge is 0.196 e. The van der Waals surface area contributed by atoms with Crippen LogP contribution >= 0.6 is 0 Å². The van der Waals surface area contributed by atoms with Crippen molar-refractivity contribution in [2.24, 2.45) is 15.7 Å². The minimum Gasteiger partial charge on any atom is -0.402 e. The standard InChI is InChI=1S/C13H18N4O/c1-10(14)6-7-17-13(2,18)12-5-4-11(8-15-3)9-16-12/h4-7,9,18H,3,8,14H2,1-2H3/b10-6-,17-7+. The van der Waals surface area contributed by atoms with Crippen molar-refractivity contribution in [1.82, 2.24) is 4.98 Å². The molecule has 0 aliphatic carbocycles. The summed E-state index contributed by atoms with van der Waals surface area (Å²) in [6.45, 7) is 7.24. The molecule has 96 valence electrons. The maximum Gasteiger partial charge on any atom is 0.196 e. The summed E-state index contributed by atoms with van der Waals surface area (Å²) >= 11 is 0. The van der Waals surface area contributed by atoms with Gasteiger partial charge in [-0.15, -0.1) is 0 Å². The Bertz CT molecular complexity index is 456. The van der Waals surface area contributed by atoms with E-state index in [9.17, 15) is 5.11 Å². The molecule has 18 heavy (non-hydrogen) atoms. The maximum absolute atomic E-state index is 10.2. The Kier molecular flexibility index (Phi) is 4.74. The van der Waals surface area contributed by atoms with Crippen LogP contribution in [-0.4, -0.2) is 23.0 Å². The summed E-state index contributed by atoms with van der Waals surface area (Å²) in [7, 11) is 0. The zero-order valence-corrected chi connectivity index (χ0v) is 10.7. The van der Waals surface area contributed by atoms with Crippen LogP contribution in [0.15, 0.2) is 40.1 Å². The molecule has 1 aromatic rings. The van der Waals surface area contributed by atoms with Gasteiger partial charge in [0.2, 0.25) is 0 Å². The van der Waals surface area contributed by atoms with E-state index in [2.05, 4.69) is 21.7 Å². The molecule has 0 aliphatic rings. The van der Waals surface area contributed by atoms with Gasteiger partial charge in [0, 0.05) is 18.1 Å². The quantitative estimate of drug-likeness (QED) is 0.770. The van der Waals surface area contributed by atoms with Gasteiger partial charge in [0.05, 0.1) is 12.2 Å². The highest BCUT2D eigenvalue weighted by Gasteiger charge is 2.22. The largest absolute Gasteiger partial charge is 0.402 e. The Morgan fingerprint density at radius 3 is 2.83 bits per heavy atom. The summed E-state index contributed by atoms with van der Waals surface area (Å²) in [4.78, 5) is 11.9.